The molecule has 0 saturated heterocycles. The molecular weight excluding hydrogens is 182 g/mol. The number of rotatable bonds is 5. The molecule has 0 aromatic heterocycles. The van der Waals surface area contributed by atoms with Gasteiger partial charge >= 0.3 is 0 Å². The molecule has 0 bridgehead atoms. The first-order valence-corrected chi connectivity index (χ1v) is 6.14. The van der Waals surface area contributed by atoms with Crippen molar-refractivity contribution < 1.29 is 0 Å². The van der Waals surface area contributed by atoms with Crippen molar-refractivity contribution >= 4 is 11.6 Å². The Labute approximate surface area is 87.4 Å². The van der Waals surface area contributed by atoms with E-state index in [1.165, 1.54) is 32.1 Å². The van der Waals surface area contributed by atoms with Crippen molar-refractivity contribution in [1.29, 1.82) is 0 Å². The minimum absolute atomic E-state index is 0.710. The lowest BCUT2D eigenvalue weighted by Gasteiger charge is -2.33. The van der Waals surface area contributed by atoms with Crippen LogP contribution in [-0.4, -0.2) is 29.4 Å². The smallest absolute Gasteiger partial charge is 0.0351 e. The van der Waals surface area contributed by atoms with Crippen molar-refractivity contribution in [2.75, 3.05) is 12.4 Å². The largest absolute Gasteiger partial charge is 0.297 e. The highest BCUT2D eigenvalue weighted by Crippen LogP contribution is 2.25. The summed E-state index contributed by atoms with van der Waals surface area (Å²) in [5.74, 6) is 0.779. The maximum absolute atomic E-state index is 5.83. The van der Waals surface area contributed by atoms with Crippen LogP contribution in [0.2, 0.25) is 0 Å². The van der Waals surface area contributed by atoms with Gasteiger partial charge in [0.2, 0.25) is 0 Å². The van der Waals surface area contributed by atoms with Crippen molar-refractivity contribution in [2.45, 2.75) is 58.0 Å². The highest BCUT2D eigenvalue weighted by Gasteiger charge is 2.24. The van der Waals surface area contributed by atoms with E-state index in [2.05, 4.69) is 18.7 Å². The van der Waals surface area contributed by atoms with Crippen molar-refractivity contribution in [3.63, 3.8) is 0 Å². The van der Waals surface area contributed by atoms with Crippen LogP contribution in [0.1, 0.15) is 46.0 Å². The van der Waals surface area contributed by atoms with Crippen LogP contribution in [0.25, 0.3) is 0 Å². The van der Waals surface area contributed by atoms with Gasteiger partial charge in [-0.1, -0.05) is 19.8 Å². The highest BCUT2D eigenvalue weighted by molar-refractivity contribution is 6.18. The van der Waals surface area contributed by atoms with E-state index in [0.717, 1.165) is 18.5 Å². The molecule has 0 spiro atoms. The number of nitrogens with zero attached hydrogens (tertiary/aromatic N) is 1. The van der Waals surface area contributed by atoms with Gasteiger partial charge in [0.05, 0.1) is 0 Å². The molecule has 0 aromatic carbocycles. The van der Waals surface area contributed by atoms with E-state index in [4.69, 9.17) is 11.6 Å². The van der Waals surface area contributed by atoms with Gasteiger partial charge in [-0.3, -0.25) is 4.90 Å². The second-order valence-corrected chi connectivity index (χ2v) is 4.50. The Hall–Kier alpha value is 0.250. The molecule has 1 aliphatic rings. The fourth-order valence-corrected chi connectivity index (χ4v) is 2.53. The first-order chi connectivity index (χ1) is 6.29. The van der Waals surface area contributed by atoms with Gasteiger partial charge in [0.1, 0.15) is 0 Å². The molecule has 1 rings (SSSR count). The van der Waals surface area contributed by atoms with Crippen LogP contribution in [0, 0.1) is 0 Å². The zero-order chi connectivity index (χ0) is 9.68. The molecule has 0 amide bonds. The summed E-state index contributed by atoms with van der Waals surface area (Å²) in [4.78, 5) is 2.61. The number of alkyl halides is 1. The normalized spacial score (nSPS) is 21.2. The molecule has 0 aromatic rings. The summed E-state index contributed by atoms with van der Waals surface area (Å²) in [6, 6.07) is 1.54. The predicted molar refractivity (Wildman–Crippen MR) is 59.4 cm³/mol. The third-order valence-electron chi connectivity index (χ3n) is 3.29. The van der Waals surface area contributed by atoms with Crippen molar-refractivity contribution in [3.8, 4) is 0 Å². The molecule has 78 valence electrons. The first-order valence-electron chi connectivity index (χ1n) is 5.61. The quantitative estimate of drug-likeness (QED) is 0.620. The average molecular weight is 204 g/mol. The molecule has 1 nitrogen and oxygen atoms in total. The minimum atomic E-state index is 0.710. The van der Waals surface area contributed by atoms with Crippen LogP contribution in [0.5, 0.6) is 0 Å². The van der Waals surface area contributed by atoms with Gasteiger partial charge < -0.3 is 0 Å². The van der Waals surface area contributed by atoms with E-state index >= 15 is 0 Å². The van der Waals surface area contributed by atoms with Crippen molar-refractivity contribution in [1.82, 2.24) is 4.90 Å². The lowest BCUT2D eigenvalue weighted by atomic mass is 10.1. The molecule has 1 unspecified atom stereocenters. The van der Waals surface area contributed by atoms with Crippen LogP contribution in [-0.2, 0) is 0 Å². The fourth-order valence-electron chi connectivity index (χ4n) is 2.33. The van der Waals surface area contributed by atoms with Crippen molar-refractivity contribution in [2.24, 2.45) is 0 Å². The van der Waals surface area contributed by atoms with E-state index in [9.17, 15) is 0 Å². The van der Waals surface area contributed by atoms with E-state index in [1.54, 1.807) is 0 Å². The predicted octanol–water partition coefficient (Wildman–Crippen LogP) is 3.27. The molecule has 1 aliphatic carbocycles. The Morgan fingerprint density at radius 1 is 1.38 bits per heavy atom. The van der Waals surface area contributed by atoms with Gasteiger partial charge in [-0.2, -0.15) is 0 Å². The SMILES string of the molecule is CCC(C)N(CCCl)C1CCCC1. The average Bonchev–Trinajstić information content (AvgIpc) is 2.65. The molecular formula is C11H22ClN. The monoisotopic (exact) mass is 203 g/mol. The molecule has 2 heteroatoms. The maximum Gasteiger partial charge on any atom is 0.0351 e. The molecule has 0 radical (unpaired) electrons. The van der Waals surface area contributed by atoms with Crippen LogP contribution >= 0.6 is 11.6 Å². The lowest BCUT2D eigenvalue weighted by Crippen LogP contribution is -2.41. The zero-order valence-electron chi connectivity index (χ0n) is 8.93. The summed E-state index contributed by atoms with van der Waals surface area (Å²) in [5, 5.41) is 0. The van der Waals surface area contributed by atoms with Gasteiger partial charge in [0.25, 0.3) is 0 Å². The summed E-state index contributed by atoms with van der Waals surface area (Å²) >= 11 is 5.83. The summed E-state index contributed by atoms with van der Waals surface area (Å²) in [5.41, 5.74) is 0. The first kappa shape index (κ1) is 11.3. The number of hydrogen-bond acceptors (Lipinski definition) is 1. The van der Waals surface area contributed by atoms with Crippen LogP contribution in [0.3, 0.4) is 0 Å². The van der Waals surface area contributed by atoms with Gasteiger partial charge in [0.15, 0.2) is 0 Å². The Balaban J connectivity index is 2.44. The van der Waals surface area contributed by atoms with Crippen LogP contribution < -0.4 is 0 Å². The molecule has 0 aliphatic heterocycles. The van der Waals surface area contributed by atoms with Crippen LogP contribution in [0.15, 0.2) is 0 Å². The minimum Gasteiger partial charge on any atom is -0.297 e. The molecule has 0 N–H and O–H groups in total. The van der Waals surface area contributed by atoms with Gasteiger partial charge in [-0.25, -0.2) is 0 Å². The summed E-state index contributed by atoms with van der Waals surface area (Å²) < 4.78 is 0. The zero-order valence-corrected chi connectivity index (χ0v) is 9.69. The Morgan fingerprint density at radius 3 is 2.46 bits per heavy atom. The van der Waals surface area contributed by atoms with E-state index in [1.807, 2.05) is 0 Å². The third kappa shape index (κ3) is 3.14. The molecule has 13 heavy (non-hydrogen) atoms. The molecule has 1 saturated carbocycles. The third-order valence-corrected chi connectivity index (χ3v) is 3.46. The van der Waals surface area contributed by atoms with Gasteiger partial charge in [0, 0.05) is 24.5 Å². The topological polar surface area (TPSA) is 3.24 Å². The van der Waals surface area contributed by atoms with E-state index in [-0.39, 0.29) is 0 Å². The van der Waals surface area contributed by atoms with Gasteiger partial charge in [-0.05, 0) is 26.2 Å². The summed E-state index contributed by atoms with van der Waals surface area (Å²) in [7, 11) is 0. The van der Waals surface area contributed by atoms with E-state index in [0.29, 0.717) is 6.04 Å². The van der Waals surface area contributed by atoms with E-state index < -0.39 is 0 Å². The van der Waals surface area contributed by atoms with Crippen molar-refractivity contribution in [3.05, 3.63) is 0 Å². The molecule has 1 atom stereocenters. The Kier molecular flexibility index (Phi) is 5.12. The summed E-state index contributed by atoms with van der Waals surface area (Å²) in [6.07, 6.45) is 6.86. The standard InChI is InChI=1S/C11H22ClN/c1-3-10(2)13(9-8-12)11-6-4-5-7-11/h10-11H,3-9H2,1-2H3. The lowest BCUT2D eigenvalue weighted by molar-refractivity contribution is 0.151. The maximum atomic E-state index is 5.83. The molecule has 1 fully saturated rings. The fraction of sp³-hybridized carbons (Fsp3) is 1.00. The Morgan fingerprint density at radius 2 is 2.00 bits per heavy atom. The number of halogens is 1. The summed E-state index contributed by atoms with van der Waals surface area (Å²) in [6.45, 7) is 5.66. The second kappa shape index (κ2) is 5.87. The van der Waals surface area contributed by atoms with Crippen LogP contribution in [0.4, 0.5) is 0 Å². The highest BCUT2D eigenvalue weighted by atomic mass is 35.5. The molecule has 0 heterocycles. The number of hydrogen-bond donors (Lipinski definition) is 0. The second-order valence-electron chi connectivity index (χ2n) is 4.12. The van der Waals surface area contributed by atoms with Gasteiger partial charge in [-0.15, -0.1) is 11.6 Å². The Bertz CT molecular complexity index is 132.